The van der Waals surface area contributed by atoms with Crippen LogP contribution in [0.2, 0.25) is 5.02 Å². The van der Waals surface area contributed by atoms with E-state index < -0.39 is 0 Å². The maximum atomic E-state index is 6.29. The smallest absolute Gasteiger partial charge is 0.126 e. The lowest BCUT2D eigenvalue weighted by molar-refractivity contribution is 0.309. The molecule has 1 unspecified atom stereocenters. The molecule has 0 saturated carbocycles. The van der Waals surface area contributed by atoms with Crippen LogP contribution in [0.15, 0.2) is 12.1 Å². The molecular weight excluding hydrogens is 270 g/mol. The van der Waals surface area contributed by atoms with Crippen LogP contribution in [0, 0.1) is 5.92 Å². The monoisotopic (exact) mass is 295 g/mol. The highest BCUT2D eigenvalue weighted by molar-refractivity contribution is 6.31. The Hall–Kier alpha value is -0.800. The quantitative estimate of drug-likeness (QED) is 0.818. The van der Waals surface area contributed by atoms with Gasteiger partial charge in [-0.25, -0.2) is 4.98 Å². The van der Waals surface area contributed by atoms with Gasteiger partial charge in [0, 0.05) is 19.6 Å². The summed E-state index contributed by atoms with van der Waals surface area (Å²) >= 11 is 6.29. The van der Waals surface area contributed by atoms with E-state index in [4.69, 9.17) is 11.6 Å². The zero-order chi connectivity index (χ0) is 14.4. The first-order valence-electron chi connectivity index (χ1n) is 7.84. The summed E-state index contributed by atoms with van der Waals surface area (Å²) in [5.74, 6) is 1.80. The third-order valence-electron chi connectivity index (χ3n) is 3.92. The molecule has 1 N–H and O–H groups in total. The summed E-state index contributed by atoms with van der Waals surface area (Å²) in [4.78, 5) is 7.14. The molecule has 3 nitrogen and oxygen atoms in total. The Labute approximate surface area is 127 Å². The third kappa shape index (κ3) is 4.35. The van der Waals surface area contributed by atoms with Crippen molar-refractivity contribution in [2.24, 2.45) is 5.92 Å². The molecule has 1 fully saturated rings. The van der Waals surface area contributed by atoms with Gasteiger partial charge in [-0.1, -0.05) is 31.9 Å². The van der Waals surface area contributed by atoms with Gasteiger partial charge in [0.1, 0.15) is 5.82 Å². The van der Waals surface area contributed by atoms with Crippen LogP contribution < -0.4 is 5.32 Å². The van der Waals surface area contributed by atoms with Crippen molar-refractivity contribution >= 4 is 17.4 Å². The van der Waals surface area contributed by atoms with Crippen LogP contribution in [-0.4, -0.2) is 29.5 Å². The van der Waals surface area contributed by atoms with Gasteiger partial charge in [-0.2, -0.15) is 0 Å². The van der Waals surface area contributed by atoms with E-state index in [1.807, 2.05) is 12.1 Å². The van der Waals surface area contributed by atoms with Crippen LogP contribution in [-0.2, 0) is 6.54 Å². The van der Waals surface area contributed by atoms with Crippen LogP contribution in [0.3, 0.4) is 0 Å². The summed E-state index contributed by atoms with van der Waals surface area (Å²) in [5, 5.41) is 4.11. The van der Waals surface area contributed by atoms with E-state index in [-0.39, 0.29) is 0 Å². The Morgan fingerprint density at radius 1 is 1.35 bits per heavy atom. The molecule has 20 heavy (non-hydrogen) atoms. The lowest BCUT2D eigenvalue weighted by Gasteiger charge is -2.17. The van der Waals surface area contributed by atoms with E-state index >= 15 is 0 Å². The second-order valence-corrected chi connectivity index (χ2v) is 6.14. The molecule has 112 valence electrons. The lowest BCUT2D eigenvalue weighted by atomic mass is 10.0. The number of hydrogen-bond acceptors (Lipinski definition) is 3. The van der Waals surface area contributed by atoms with Gasteiger partial charge in [0.2, 0.25) is 0 Å². The number of anilines is 1. The Bertz CT molecular complexity index is 422. The largest absolute Gasteiger partial charge is 0.370 e. The van der Waals surface area contributed by atoms with Gasteiger partial charge >= 0.3 is 0 Å². The van der Waals surface area contributed by atoms with Crippen molar-refractivity contribution in [3.8, 4) is 0 Å². The molecule has 4 heteroatoms. The van der Waals surface area contributed by atoms with Crippen LogP contribution in [0.4, 0.5) is 5.82 Å². The van der Waals surface area contributed by atoms with Crippen molar-refractivity contribution in [2.45, 2.75) is 46.1 Å². The average Bonchev–Trinajstić information content (AvgIpc) is 2.87. The minimum atomic E-state index is 0.783. The molecule has 0 amide bonds. The topological polar surface area (TPSA) is 28.2 Å². The first-order chi connectivity index (χ1) is 9.72. The van der Waals surface area contributed by atoms with Crippen LogP contribution >= 0.6 is 11.6 Å². The maximum Gasteiger partial charge on any atom is 0.126 e. The molecule has 0 aromatic carbocycles. The molecule has 0 aliphatic carbocycles. The molecular formula is C16H26ClN3. The number of halogens is 1. The van der Waals surface area contributed by atoms with Gasteiger partial charge < -0.3 is 5.32 Å². The summed E-state index contributed by atoms with van der Waals surface area (Å²) in [6.07, 6.45) is 5.05. The number of aromatic nitrogens is 1. The Kier molecular flexibility index (Phi) is 6.11. The summed E-state index contributed by atoms with van der Waals surface area (Å²) in [7, 11) is 0. The molecule has 0 radical (unpaired) electrons. The predicted molar refractivity (Wildman–Crippen MR) is 86.3 cm³/mol. The van der Waals surface area contributed by atoms with E-state index in [0.717, 1.165) is 42.0 Å². The second kappa shape index (κ2) is 7.84. The van der Waals surface area contributed by atoms with E-state index in [1.54, 1.807) is 0 Å². The highest BCUT2D eigenvalue weighted by atomic mass is 35.5. The fraction of sp³-hybridized carbons (Fsp3) is 0.688. The van der Waals surface area contributed by atoms with Crippen molar-refractivity contribution in [1.29, 1.82) is 0 Å². The normalized spacial score (nSPS) is 19.4. The molecule has 1 aliphatic rings. The summed E-state index contributed by atoms with van der Waals surface area (Å²) in [6.45, 7) is 8.62. The standard InChI is InChI=1S/C16H26ClN3/c1-3-5-13-8-10-20(11-13)12-15-14(17)6-7-16(19-15)18-9-4-2/h6-7,13H,3-5,8-12H2,1-2H3,(H,18,19). The van der Waals surface area contributed by atoms with Crippen molar-refractivity contribution in [1.82, 2.24) is 9.88 Å². The number of nitrogens with one attached hydrogen (secondary N) is 1. The zero-order valence-corrected chi connectivity index (χ0v) is 13.4. The van der Waals surface area contributed by atoms with Crippen LogP contribution in [0.1, 0.15) is 45.2 Å². The van der Waals surface area contributed by atoms with E-state index in [0.29, 0.717) is 0 Å². The van der Waals surface area contributed by atoms with E-state index in [9.17, 15) is 0 Å². The van der Waals surface area contributed by atoms with Gasteiger partial charge in [0.15, 0.2) is 0 Å². The number of nitrogens with zero attached hydrogens (tertiary/aromatic N) is 2. The SMILES string of the molecule is CCCNc1ccc(Cl)c(CN2CCC(CCC)C2)n1. The molecule has 2 heterocycles. The molecule has 1 saturated heterocycles. The summed E-state index contributed by atoms with van der Waals surface area (Å²) < 4.78 is 0. The van der Waals surface area contributed by atoms with Crippen molar-refractivity contribution in [2.75, 3.05) is 25.0 Å². The van der Waals surface area contributed by atoms with Gasteiger partial charge in [0.05, 0.1) is 10.7 Å². The van der Waals surface area contributed by atoms with Gasteiger partial charge in [-0.05, 0) is 43.9 Å². The first-order valence-corrected chi connectivity index (χ1v) is 8.22. The van der Waals surface area contributed by atoms with Crippen molar-refractivity contribution < 1.29 is 0 Å². The maximum absolute atomic E-state index is 6.29. The van der Waals surface area contributed by atoms with Crippen LogP contribution in [0.25, 0.3) is 0 Å². The first kappa shape index (κ1) is 15.6. The number of rotatable bonds is 7. The number of pyridine rings is 1. The highest BCUT2D eigenvalue weighted by Crippen LogP contribution is 2.25. The van der Waals surface area contributed by atoms with Gasteiger partial charge in [-0.3, -0.25) is 4.90 Å². The second-order valence-electron chi connectivity index (χ2n) is 5.73. The Morgan fingerprint density at radius 2 is 2.20 bits per heavy atom. The van der Waals surface area contributed by atoms with Gasteiger partial charge in [-0.15, -0.1) is 0 Å². The molecule has 1 atom stereocenters. The molecule has 2 rings (SSSR count). The minimum Gasteiger partial charge on any atom is -0.370 e. The average molecular weight is 296 g/mol. The predicted octanol–water partition coefficient (Wildman–Crippen LogP) is 4.18. The molecule has 0 spiro atoms. The van der Waals surface area contributed by atoms with E-state index in [2.05, 4.69) is 29.0 Å². The van der Waals surface area contributed by atoms with Crippen molar-refractivity contribution in [3.63, 3.8) is 0 Å². The summed E-state index contributed by atoms with van der Waals surface area (Å²) in [6, 6.07) is 3.92. The fourth-order valence-electron chi connectivity index (χ4n) is 2.86. The molecule has 1 aliphatic heterocycles. The molecule has 0 bridgehead atoms. The Balaban J connectivity index is 1.94. The molecule has 1 aromatic rings. The summed E-state index contributed by atoms with van der Waals surface area (Å²) in [5.41, 5.74) is 1.00. The zero-order valence-electron chi connectivity index (χ0n) is 12.7. The lowest BCUT2D eigenvalue weighted by Crippen LogP contribution is -2.21. The van der Waals surface area contributed by atoms with E-state index in [1.165, 1.54) is 32.4 Å². The van der Waals surface area contributed by atoms with Crippen molar-refractivity contribution in [3.05, 3.63) is 22.8 Å². The number of likely N-dealkylation sites (tertiary alicyclic amines) is 1. The fourth-order valence-corrected chi connectivity index (χ4v) is 3.02. The third-order valence-corrected chi connectivity index (χ3v) is 4.26. The van der Waals surface area contributed by atoms with Gasteiger partial charge in [0.25, 0.3) is 0 Å². The highest BCUT2D eigenvalue weighted by Gasteiger charge is 2.22. The molecule has 1 aromatic heterocycles. The number of hydrogen-bond donors (Lipinski definition) is 1. The van der Waals surface area contributed by atoms with Crippen LogP contribution in [0.5, 0.6) is 0 Å². The Morgan fingerprint density at radius 3 is 2.95 bits per heavy atom. The minimum absolute atomic E-state index is 0.783.